The monoisotopic (exact) mass is 209 g/mol. The van der Waals surface area contributed by atoms with Gasteiger partial charge in [-0.3, -0.25) is 4.79 Å². The zero-order valence-corrected chi connectivity index (χ0v) is 8.25. The molecule has 0 amide bonds. The lowest BCUT2D eigenvalue weighted by Crippen LogP contribution is -2.06. The number of carbonyl (C=O) groups excluding carboxylic acids is 1. The van der Waals surface area contributed by atoms with Gasteiger partial charge in [-0.25, -0.2) is 0 Å². The first kappa shape index (κ1) is 9.02. The number of nitrogens with two attached hydrogens (primary N) is 1. The Kier molecular flexibility index (Phi) is 1.93. The Hall–Kier alpha value is -1.55. The zero-order valence-electron chi connectivity index (χ0n) is 7.49. The first-order valence-electron chi connectivity index (χ1n) is 4.04. The van der Waals surface area contributed by atoms with Gasteiger partial charge in [0.1, 0.15) is 0 Å². The molecular formula is C9H8ClN3O. The standard InChI is InChI=1S/C9H8ClN3O/c1-5(14)13-8-3-2-6(11)4-7(8)9(10)12-13/h2-4H,11H2,1H3. The molecule has 0 saturated heterocycles. The topological polar surface area (TPSA) is 60.9 Å². The Morgan fingerprint density at radius 3 is 2.93 bits per heavy atom. The highest BCUT2D eigenvalue weighted by Gasteiger charge is 2.10. The number of nitrogens with zero attached hydrogens (tertiary/aromatic N) is 2. The minimum Gasteiger partial charge on any atom is -0.399 e. The normalized spacial score (nSPS) is 10.7. The number of aromatic nitrogens is 2. The van der Waals surface area contributed by atoms with Gasteiger partial charge in [-0.15, -0.1) is 0 Å². The molecule has 0 atom stereocenters. The van der Waals surface area contributed by atoms with E-state index in [-0.39, 0.29) is 5.91 Å². The molecule has 1 heterocycles. The highest BCUT2D eigenvalue weighted by atomic mass is 35.5. The first-order valence-corrected chi connectivity index (χ1v) is 4.42. The van der Waals surface area contributed by atoms with Crippen molar-refractivity contribution in [3.05, 3.63) is 23.4 Å². The second-order valence-corrected chi connectivity index (χ2v) is 3.36. The molecule has 0 fully saturated rings. The zero-order chi connectivity index (χ0) is 10.3. The highest BCUT2D eigenvalue weighted by Crippen LogP contribution is 2.24. The summed E-state index contributed by atoms with van der Waals surface area (Å²) in [6.45, 7) is 1.43. The summed E-state index contributed by atoms with van der Waals surface area (Å²) in [7, 11) is 0. The number of rotatable bonds is 0. The van der Waals surface area contributed by atoms with Gasteiger partial charge in [-0.1, -0.05) is 11.6 Å². The van der Waals surface area contributed by atoms with Crippen molar-refractivity contribution in [3.8, 4) is 0 Å². The number of carbonyl (C=O) groups is 1. The average molecular weight is 210 g/mol. The van der Waals surface area contributed by atoms with E-state index in [9.17, 15) is 4.79 Å². The van der Waals surface area contributed by atoms with Crippen LogP contribution < -0.4 is 5.73 Å². The SMILES string of the molecule is CC(=O)n1nc(Cl)c2cc(N)ccc21. The fourth-order valence-electron chi connectivity index (χ4n) is 1.34. The van der Waals surface area contributed by atoms with Crippen LogP contribution in [-0.2, 0) is 0 Å². The molecule has 0 radical (unpaired) electrons. The van der Waals surface area contributed by atoms with E-state index in [1.54, 1.807) is 18.2 Å². The number of fused-ring (bicyclic) bond motifs is 1. The number of hydrogen-bond donors (Lipinski definition) is 1. The second kappa shape index (κ2) is 2.99. The van der Waals surface area contributed by atoms with Gasteiger partial charge in [0.15, 0.2) is 5.15 Å². The molecule has 2 N–H and O–H groups in total. The molecule has 14 heavy (non-hydrogen) atoms. The van der Waals surface area contributed by atoms with Gasteiger partial charge in [0.05, 0.1) is 5.52 Å². The second-order valence-electron chi connectivity index (χ2n) is 3.00. The van der Waals surface area contributed by atoms with E-state index in [2.05, 4.69) is 5.10 Å². The van der Waals surface area contributed by atoms with Crippen molar-refractivity contribution < 1.29 is 4.79 Å². The average Bonchev–Trinajstić information content (AvgIpc) is 2.44. The van der Waals surface area contributed by atoms with E-state index < -0.39 is 0 Å². The maximum Gasteiger partial charge on any atom is 0.244 e. The van der Waals surface area contributed by atoms with Crippen LogP contribution >= 0.6 is 11.6 Å². The largest absolute Gasteiger partial charge is 0.399 e. The van der Waals surface area contributed by atoms with Crippen molar-refractivity contribution in [2.45, 2.75) is 6.92 Å². The third-order valence-electron chi connectivity index (χ3n) is 1.96. The lowest BCUT2D eigenvalue weighted by atomic mass is 10.2. The van der Waals surface area contributed by atoms with Crippen LogP contribution in [0.1, 0.15) is 11.7 Å². The number of halogens is 1. The van der Waals surface area contributed by atoms with Crippen LogP contribution in [0.5, 0.6) is 0 Å². The Morgan fingerprint density at radius 1 is 1.57 bits per heavy atom. The third kappa shape index (κ3) is 1.24. The summed E-state index contributed by atoms with van der Waals surface area (Å²) in [6, 6.07) is 5.13. The molecule has 2 aromatic rings. The molecule has 5 heteroatoms. The Morgan fingerprint density at radius 2 is 2.29 bits per heavy atom. The number of benzene rings is 1. The van der Waals surface area contributed by atoms with Gasteiger partial charge in [0, 0.05) is 18.0 Å². The molecule has 0 aliphatic carbocycles. The predicted octanol–water partition coefficient (Wildman–Crippen LogP) is 1.93. The summed E-state index contributed by atoms with van der Waals surface area (Å²) in [5.74, 6) is -0.174. The van der Waals surface area contributed by atoms with Gasteiger partial charge in [-0.2, -0.15) is 9.78 Å². The van der Waals surface area contributed by atoms with Gasteiger partial charge in [0.2, 0.25) is 5.91 Å². The van der Waals surface area contributed by atoms with Gasteiger partial charge in [0.25, 0.3) is 0 Å². The summed E-state index contributed by atoms with van der Waals surface area (Å²) in [4.78, 5) is 11.2. The van der Waals surface area contributed by atoms with Crippen LogP contribution in [-0.4, -0.2) is 15.7 Å². The summed E-state index contributed by atoms with van der Waals surface area (Å²) in [5.41, 5.74) is 6.87. The maximum atomic E-state index is 11.2. The van der Waals surface area contributed by atoms with E-state index in [0.29, 0.717) is 21.7 Å². The predicted molar refractivity (Wildman–Crippen MR) is 55.5 cm³/mol. The molecule has 0 unspecified atom stereocenters. The molecule has 1 aromatic carbocycles. The van der Waals surface area contributed by atoms with Crippen molar-refractivity contribution in [3.63, 3.8) is 0 Å². The quantitative estimate of drug-likeness (QED) is 0.675. The van der Waals surface area contributed by atoms with Crippen molar-refractivity contribution >= 4 is 34.1 Å². The van der Waals surface area contributed by atoms with Crippen LogP contribution in [0.25, 0.3) is 10.9 Å². The first-order chi connectivity index (χ1) is 6.59. The summed E-state index contributed by atoms with van der Waals surface area (Å²) >= 11 is 5.85. The van der Waals surface area contributed by atoms with Gasteiger partial charge in [-0.05, 0) is 18.2 Å². The maximum absolute atomic E-state index is 11.2. The van der Waals surface area contributed by atoms with Crippen LogP contribution in [0, 0.1) is 0 Å². The molecule has 0 aliphatic heterocycles. The molecule has 2 rings (SSSR count). The molecule has 0 aliphatic rings. The molecule has 4 nitrogen and oxygen atoms in total. The highest BCUT2D eigenvalue weighted by molar-refractivity contribution is 6.34. The van der Waals surface area contributed by atoms with E-state index >= 15 is 0 Å². The van der Waals surface area contributed by atoms with E-state index in [1.807, 2.05) is 0 Å². The number of anilines is 1. The molecule has 72 valence electrons. The number of hydrogen-bond acceptors (Lipinski definition) is 3. The summed E-state index contributed by atoms with van der Waals surface area (Å²) < 4.78 is 1.26. The van der Waals surface area contributed by atoms with Crippen molar-refractivity contribution in [2.24, 2.45) is 0 Å². The fraction of sp³-hybridized carbons (Fsp3) is 0.111. The van der Waals surface area contributed by atoms with Crippen LogP contribution in [0.2, 0.25) is 5.15 Å². The molecule has 0 bridgehead atoms. The minimum atomic E-state index is -0.174. The van der Waals surface area contributed by atoms with Crippen molar-refractivity contribution in [1.29, 1.82) is 0 Å². The van der Waals surface area contributed by atoms with Crippen LogP contribution in [0.15, 0.2) is 18.2 Å². The van der Waals surface area contributed by atoms with E-state index in [4.69, 9.17) is 17.3 Å². The molecule has 1 aromatic heterocycles. The van der Waals surface area contributed by atoms with Crippen molar-refractivity contribution in [1.82, 2.24) is 9.78 Å². The molecular weight excluding hydrogens is 202 g/mol. The molecule has 0 spiro atoms. The van der Waals surface area contributed by atoms with E-state index in [0.717, 1.165) is 0 Å². The van der Waals surface area contributed by atoms with Gasteiger partial charge < -0.3 is 5.73 Å². The summed E-state index contributed by atoms with van der Waals surface area (Å²) in [6.07, 6.45) is 0. The fourth-order valence-corrected chi connectivity index (χ4v) is 1.57. The van der Waals surface area contributed by atoms with E-state index in [1.165, 1.54) is 11.6 Å². The lowest BCUT2D eigenvalue weighted by molar-refractivity contribution is 0.0927. The van der Waals surface area contributed by atoms with Gasteiger partial charge >= 0.3 is 0 Å². The molecule has 0 saturated carbocycles. The Bertz CT molecular complexity index is 518. The van der Waals surface area contributed by atoms with Crippen LogP contribution in [0.3, 0.4) is 0 Å². The minimum absolute atomic E-state index is 0.174. The Labute approximate surface area is 85.3 Å². The van der Waals surface area contributed by atoms with Crippen LogP contribution in [0.4, 0.5) is 5.69 Å². The lowest BCUT2D eigenvalue weighted by Gasteiger charge is -1.96. The number of nitrogen functional groups attached to an aromatic ring is 1. The third-order valence-corrected chi connectivity index (χ3v) is 2.24. The smallest absolute Gasteiger partial charge is 0.244 e. The summed E-state index contributed by atoms with van der Waals surface area (Å²) in [5, 5.41) is 4.90. The Balaban J connectivity index is 2.84. The van der Waals surface area contributed by atoms with Crippen molar-refractivity contribution in [2.75, 3.05) is 5.73 Å².